The number of hydrogen-bond donors (Lipinski definition) is 4. The second-order valence-corrected chi connectivity index (χ2v) is 16.8. The van der Waals surface area contributed by atoms with Crippen LogP contribution in [0, 0.1) is 11.8 Å². The van der Waals surface area contributed by atoms with Gasteiger partial charge in [-0.3, -0.25) is 9.59 Å². The summed E-state index contributed by atoms with van der Waals surface area (Å²) in [5.41, 5.74) is 2.00. The summed E-state index contributed by atoms with van der Waals surface area (Å²) in [7, 11) is 1.58. The molecule has 0 aromatic rings. The molecule has 0 radical (unpaired) electrons. The Kier molecular flexibility index (Phi) is 12.6. The Morgan fingerprint density at radius 2 is 1.45 bits per heavy atom. The van der Waals surface area contributed by atoms with Gasteiger partial charge in [-0.1, -0.05) is 20.1 Å². The first-order valence-electron chi connectivity index (χ1n) is 19.9. The van der Waals surface area contributed by atoms with Gasteiger partial charge in [-0.25, -0.2) is 0 Å². The van der Waals surface area contributed by atoms with E-state index in [0.717, 1.165) is 30.4 Å². The molecule has 4 N–H and O–H groups in total. The second kappa shape index (κ2) is 16.9. The number of ether oxygens (including phenoxy) is 7. The highest BCUT2D eigenvalue weighted by atomic mass is 16.6. The van der Waals surface area contributed by atoms with Crippen molar-refractivity contribution in [2.75, 3.05) is 13.7 Å². The molecule has 11 unspecified atom stereocenters. The van der Waals surface area contributed by atoms with Gasteiger partial charge >= 0.3 is 0 Å². The molecule has 13 heteroatoms. The van der Waals surface area contributed by atoms with Crippen LogP contribution < -0.4 is 0 Å². The number of carbonyl (C=O) groups excluding carboxylic acids is 2. The number of rotatable bonds is 4. The quantitative estimate of drug-likeness (QED) is 0.308. The van der Waals surface area contributed by atoms with Gasteiger partial charge in [0.05, 0.1) is 73.8 Å². The number of carbonyl (C=O) groups is 2. The lowest BCUT2D eigenvalue weighted by molar-refractivity contribution is -0.259. The third kappa shape index (κ3) is 8.56. The van der Waals surface area contributed by atoms with Crippen molar-refractivity contribution in [1.29, 1.82) is 0 Å². The number of aliphatic hydroxyl groups excluding tert-OH is 4. The first-order chi connectivity index (χ1) is 25.4. The Bertz CT molecular complexity index is 1340. The zero-order valence-corrected chi connectivity index (χ0v) is 31.2. The van der Waals surface area contributed by atoms with Crippen molar-refractivity contribution in [3.63, 3.8) is 0 Å². The van der Waals surface area contributed by atoms with Crippen LogP contribution in [0.5, 0.6) is 0 Å². The van der Waals surface area contributed by atoms with E-state index in [2.05, 4.69) is 20.1 Å². The smallest absolute Gasteiger partial charge is 0.135 e. The number of ketones is 2. The zero-order chi connectivity index (χ0) is 37.6. The minimum atomic E-state index is -1.10. The summed E-state index contributed by atoms with van der Waals surface area (Å²) < 4.78 is 44.3. The van der Waals surface area contributed by atoms with E-state index in [4.69, 9.17) is 33.2 Å². The summed E-state index contributed by atoms with van der Waals surface area (Å²) >= 11 is 0. The van der Waals surface area contributed by atoms with E-state index in [0.29, 0.717) is 32.1 Å². The highest BCUT2D eigenvalue weighted by Gasteiger charge is 2.57. The van der Waals surface area contributed by atoms with Crippen LogP contribution in [0.3, 0.4) is 0 Å². The van der Waals surface area contributed by atoms with Crippen LogP contribution in [-0.4, -0.2) is 143 Å². The average Bonchev–Trinajstić information content (AvgIpc) is 3.76. The lowest BCUT2D eigenvalue weighted by Gasteiger charge is -2.46. The van der Waals surface area contributed by atoms with E-state index in [1.165, 1.54) is 0 Å². The highest BCUT2D eigenvalue weighted by Crippen LogP contribution is 2.43. The average molecular weight is 749 g/mol. The van der Waals surface area contributed by atoms with Gasteiger partial charge in [0.15, 0.2) is 0 Å². The monoisotopic (exact) mass is 748 g/mol. The van der Waals surface area contributed by atoms with E-state index in [9.17, 15) is 30.0 Å². The molecule has 7 heterocycles. The first kappa shape index (κ1) is 39.6. The molecule has 18 atom stereocenters. The van der Waals surface area contributed by atoms with Gasteiger partial charge in [0.1, 0.15) is 42.1 Å². The van der Waals surface area contributed by atoms with E-state index in [-0.39, 0.29) is 79.9 Å². The Labute approximate surface area is 312 Å². The number of aliphatic hydroxyl groups is 4. The van der Waals surface area contributed by atoms with Gasteiger partial charge in [-0.05, 0) is 62.0 Å². The fraction of sp³-hybridized carbons (Fsp3) is 0.850. The van der Waals surface area contributed by atoms with Crippen LogP contribution >= 0.6 is 0 Å². The predicted molar refractivity (Wildman–Crippen MR) is 189 cm³/mol. The fourth-order valence-electron chi connectivity index (χ4n) is 10.1. The molecular formula is C40H60O13. The largest absolute Gasteiger partial charge is 0.394 e. The molecule has 0 aromatic heterocycles. The molecule has 7 aliphatic heterocycles. The topological polar surface area (TPSA) is 180 Å². The zero-order valence-electron chi connectivity index (χ0n) is 31.2. The molecule has 7 aliphatic rings. The predicted octanol–water partition coefficient (Wildman–Crippen LogP) is 2.27. The van der Waals surface area contributed by atoms with E-state index < -0.39 is 79.9 Å². The summed E-state index contributed by atoms with van der Waals surface area (Å²) in [4.78, 5) is 27.0. The summed E-state index contributed by atoms with van der Waals surface area (Å²) in [5, 5.41) is 42.6. The van der Waals surface area contributed by atoms with Crippen molar-refractivity contribution >= 4 is 11.6 Å². The number of fused-ring (bicyclic) bond motifs is 7. The first-order valence-corrected chi connectivity index (χ1v) is 19.9. The SMILES string of the molecule is C=C1C2CC3OC(CC(O)CO)[C@H](OC)C3CC(=O)CC3CCC4O[C@@H]5C(O[C@H](CC(=O)CCC6CC(=C)[C@H](CC[C@@H](C[C@H]1C)O2)O6)C5O)C(O)[C@H]4O3. The standard InChI is InChI=1S/C40H60O13/c1-19-11-26-7-9-29-20(2)12-25(48-29)6-5-22(42)15-33-35(45)39-40(53-33)36(46)38-30(52-39)10-8-27(50-38)13-23(43)14-28-32(17-31(49-26)21(19)3)51-34(37(28)47-4)16-24(44)18-41/h19,24-41,44-46H,2-3,5-18H2,1,4H3/t19-,24?,25?,26+,27?,28?,29+,30?,31?,32?,33-,34?,35?,36?,37-,38+,39+,40?/m1/s1. The summed E-state index contributed by atoms with van der Waals surface area (Å²) in [6.45, 7) is 10.4. The molecular weight excluding hydrogens is 688 g/mol. The second-order valence-electron chi connectivity index (χ2n) is 16.8. The van der Waals surface area contributed by atoms with Crippen LogP contribution in [0.15, 0.2) is 24.3 Å². The van der Waals surface area contributed by atoms with Crippen molar-refractivity contribution in [3.05, 3.63) is 24.3 Å². The maximum atomic E-state index is 13.9. The lowest BCUT2D eigenvalue weighted by Crippen LogP contribution is -2.61. The maximum absolute atomic E-state index is 13.9. The molecule has 0 saturated carbocycles. The van der Waals surface area contributed by atoms with Crippen LogP contribution in [0.4, 0.5) is 0 Å². The van der Waals surface area contributed by atoms with Gasteiger partial charge in [0, 0.05) is 51.6 Å². The van der Waals surface area contributed by atoms with Crippen LogP contribution in [-0.2, 0) is 42.7 Å². The van der Waals surface area contributed by atoms with Crippen LogP contribution in [0.1, 0.15) is 90.4 Å². The molecule has 298 valence electrons. The number of hydrogen-bond acceptors (Lipinski definition) is 13. The Morgan fingerprint density at radius 3 is 2.23 bits per heavy atom. The van der Waals surface area contributed by atoms with Gasteiger partial charge in [0.2, 0.25) is 0 Å². The molecule has 7 fully saturated rings. The third-order valence-electron chi connectivity index (χ3n) is 13.1. The lowest BCUT2D eigenvalue weighted by atomic mass is 9.81. The number of methoxy groups -OCH3 is 1. The van der Waals surface area contributed by atoms with Crippen molar-refractivity contribution in [3.8, 4) is 0 Å². The van der Waals surface area contributed by atoms with Crippen molar-refractivity contribution in [2.45, 2.75) is 188 Å². The fourth-order valence-corrected chi connectivity index (χ4v) is 10.1. The molecule has 53 heavy (non-hydrogen) atoms. The summed E-state index contributed by atoms with van der Waals surface area (Å²) in [6.07, 6.45) is -3.55. The Hall–Kier alpha value is -1.62. The third-order valence-corrected chi connectivity index (χ3v) is 13.1. The molecule has 0 spiro atoms. The Balaban J connectivity index is 1.11. The van der Waals surface area contributed by atoms with Gasteiger partial charge in [-0.15, -0.1) is 0 Å². The van der Waals surface area contributed by atoms with Crippen LogP contribution in [0.2, 0.25) is 0 Å². The molecule has 13 nitrogen and oxygen atoms in total. The van der Waals surface area contributed by atoms with Crippen molar-refractivity contribution in [2.24, 2.45) is 11.8 Å². The molecule has 0 aliphatic carbocycles. The van der Waals surface area contributed by atoms with E-state index in [1.54, 1.807) is 7.11 Å². The van der Waals surface area contributed by atoms with Gasteiger partial charge in [0.25, 0.3) is 0 Å². The molecule has 7 saturated heterocycles. The number of Topliss-reactive ketones (excluding diaryl/α,β-unsaturated/α-hetero) is 2. The van der Waals surface area contributed by atoms with Crippen molar-refractivity contribution < 1.29 is 63.2 Å². The molecule has 8 bridgehead atoms. The maximum Gasteiger partial charge on any atom is 0.135 e. The van der Waals surface area contributed by atoms with Crippen molar-refractivity contribution in [1.82, 2.24) is 0 Å². The molecule has 0 amide bonds. The highest BCUT2D eigenvalue weighted by molar-refractivity contribution is 5.79. The van der Waals surface area contributed by atoms with Gasteiger partial charge < -0.3 is 53.6 Å². The van der Waals surface area contributed by atoms with E-state index in [1.807, 2.05) is 0 Å². The Morgan fingerprint density at radius 1 is 0.736 bits per heavy atom. The van der Waals surface area contributed by atoms with Gasteiger partial charge in [-0.2, -0.15) is 0 Å². The van der Waals surface area contributed by atoms with Crippen LogP contribution in [0.25, 0.3) is 0 Å². The molecule has 0 aromatic carbocycles. The van der Waals surface area contributed by atoms with E-state index >= 15 is 0 Å². The minimum Gasteiger partial charge on any atom is -0.394 e. The minimum absolute atomic E-state index is 0.00643. The summed E-state index contributed by atoms with van der Waals surface area (Å²) in [5.74, 6) is -0.221. The summed E-state index contributed by atoms with van der Waals surface area (Å²) in [6, 6.07) is 0. The normalized spacial score (nSPS) is 47.7. The molecule has 7 rings (SSSR count).